The number of carbonyl (C=O) groups is 2. The smallest absolute Gasteiger partial charge is 0.253 e. The van der Waals surface area contributed by atoms with Crippen LogP contribution in [0.5, 0.6) is 0 Å². The molecule has 0 unspecified atom stereocenters. The first kappa shape index (κ1) is 23.2. The van der Waals surface area contributed by atoms with Gasteiger partial charge in [-0.25, -0.2) is 4.98 Å². The first-order chi connectivity index (χ1) is 16.5. The number of aryl methyl sites for hydroxylation is 4. The zero-order chi connectivity index (χ0) is 24.1. The molecule has 0 spiro atoms. The van der Waals surface area contributed by atoms with Crippen molar-refractivity contribution in [1.82, 2.24) is 25.1 Å². The Labute approximate surface area is 197 Å². The number of imidazole rings is 1. The number of nitrogens with zero attached hydrogens (tertiary/aromatic N) is 3. The number of hydrogen-bond acceptors (Lipinski definition) is 5. The topological polar surface area (TPSA) is 114 Å². The predicted molar refractivity (Wildman–Crippen MR) is 130 cm³/mol. The lowest BCUT2D eigenvalue weighted by Crippen LogP contribution is -2.25. The number of aromatic nitrogens is 4. The molecule has 2 heterocycles. The number of fused-ring (bicyclic) bond motifs is 1. The Morgan fingerprint density at radius 2 is 1.94 bits per heavy atom. The van der Waals surface area contributed by atoms with Gasteiger partial charge in [-0.05, 0) is 38.0 Å². The van der Waals surface area contributed by atoms with E-state index in [0.29, 0.717) is 29.9 Å². The number of carbonyl (C=O) groups excluding carboxylic acids is 2. The van der Waals surface area contributed by atoms with Crippen molar-refractivity contribution in [3.63, 3.8) is 0 Å². The number of rotatable bonds is 9. The van der Waals surface area contributed by atoms with Crippen LogP contribution in [0.25, 0.3) is 11.0 Å². The summed E-state index contributed by atoms with van der Waals surface area (Å²) in [5.41, 5.74) is 6.19. The van der Waals surface area contributed by atoms with E-state index in [9.17, 15) is 9.59 Å². The Kier molecular flexibility index (Phi) is 7.03. The molecular formula is C25H28N6O3. The Bertz CT molecular complexity index is 1290. The third-order valence-electron chi connectivity index (χ3n) is 5.71. The summed E-state index contributed by atoms with van der Waals surface area (Å²) in [7, 11) is 1.45. The Morgan fingerprint density at radius 3 is 2.65 bits per heavy atom. The van der Waals surface area contributed by atoms with E-state index in [-0.39, 0.29) is 18.4 Å². The van der Waals surface area contributed by atoms with E-state index >= 15 is 0 Å². The maximum atomic E-state index is 13.3. The van der Waals surface area contributed by atoms with Gasteiger partial charge in [-0.15, -0.1) is 0 Å². The van der Waals surface area contributed by atoms with E-state index in [1.165, 1.54) is 12.7 Å². The number of H-pyrrole nitrogens is 1. The first-order valence-electron chi connectivity index (χ1n) is 11.1. The van der Waals surface area contributed by atoms with Gasteiger partial charge in [0, 0.05) is 37.1 Å². The van der Waals surface area contributed by atoms with Crippen molar-refractivity contribution in [2.45, 2.75) is 33.4 Å². The van der Waals surface area contributed by atoms with Crippen molar-refractivity contribution in [3.8, 4) is 0 Å². The molecule has 0 aliphatic carbocycles. The lowest BCUT2D eigenvalue weighted by Gasteiger charge is -2.13. The number of hydrogen-bond donors (Lipinski definition) is 3. The predicted octanol–water partition coefficient (Wildman–Crippen LogP) is 3.13. The zero-order valence-corrected chi connectivity index (χ0v) is 19.5. The quantitative estimate of drug-likeness (QED) is 0.355. The van der Waals surface area contributed by atoms with E-state index in [2.05, 4.69) is 37.9 Å². The number of amides is 2. The van der Waals surface area contributed by atoms with Crippen LogP contribution in [0.4, 0.5) is 5.69 Å². The average Bonchev–Trinajstić information content (AvgIpc) is 3.38. The summed E-state index contributed by atoms with van der Waals surface area (Å²) >= 11 is 0. The van der Waals surface area contributed by atoms with E-state index in [1.54, 1.807) is 18.5 Å². The van der Waals surface area contributed by atoms with Gasteiger partial charge in [-0.1, -0.05) is 30.3 Å². The van der Waals surface area contributed by atoms with Gasteiger partial charge in [0.15, 0.2) is 0 Å². The minimum atomic E-state index is -0.304. The summed E-state index contributed by atoms with van der Waals surface area (Å²) in [5.74, 6) is -0.560. The summed E-state index contributed by atoms with van der Waals surface area (Å²) in [6.07, 6.45) is 2.53. The van der Waals surface area contributed by atoms with Gasteiger partial charge < -0.3 is 19.9 Å². The van der Waals surface area contributed by atoms with Crippen LogP contribution >= 0.6 is 0 Å². The standard InChI is InChI=1S/C25H28N6O3/c1-16-21(17(2)30-29-16)13-26-25(33)20-11-19(28-23(32)14-34-3)12-22-24(20)31(15-27-22)10-9-18-7-5-4-6-8-18/h4-8,11-12,15H,9-10,13-14H2,1-3H3,(H,26,33)(H,28,32)(H,29,30). The summed E-state index contributed by atoms with van der Waals surface area (Å²) in [6.45, 7) is 4.74. The van der Waals surface area contributed by atoms with Crippen molar-refractivity contribution in [1.29, 1.82) is 0 Å². The largest absolute Gasteiger partial charge is 0.375 e. The Balaban J connectivity index is 1.65. The van der Waals surface area contributed by atoms with Crippen LogP contribution in [-0.4, -0.2) is 45.3 Å². The molecule has 3 N–H and O–H groups in total. The highest BCUT2D eigenvalue weighted by Crippen LogP contribution is 2.24. The number of anilines is 1. The van der Waals surface area contributed by atoms with E-state index in [1.807, 2.05) is 36.6 Å². The van der Waals surface area contributed by atoms with Crippen LogP contribution in [0.2, 0.25) is 0 Å². The molecule has 0 radical (unpaired) electrons. The molecule has 0 saturated carbocycles. The highest BCUT2D eigenvalue weighted by Gasteiger charge is 2.18. The highest BCUT2D eigenvalue weighted by atomic mass is 16.5. The van der Waals surface area contributed by atoms with Crippen molar-refractivity contribution in [2.24, 2.45) is 0 Å². The average molecular weight is 461 g/mol. The molecule has 0 saturated heterocycles. The minimum absolute atomic E-state index is 0.0792. The number of ether oxygens (including phenoxy) is 1. The summed E-state index contributed by atoms with van der Waals surface area (Å²) in [6, 6.07) is 13.6. The molecule has 4 aromatic rings. The molecule has 4 rings (SSSR count). The van der Waals surface area contributed by atoms with E-state index in [0.717, 1.165) is 28.9 Å². The highest BCUT2D eigenvalue weighted by molar-refractivity contribution is 6.07. The Morgan fingerprint density at radius 1 is 1.15 bits per heavy atom. The van der Waals surface area contributed by atoms with Gasteiger partial charge in [0.25, 0.3) is 5.91 Å². The molecule has 0 aliphatic heterocycles. The van der Waals surface area contributed by atoms with Crippen LogP contribution in [0.1, 0.15) is 32.9 Å². The van der Waals surface area contributed by atoms with Gasteiger partial charge >= 0.3 is 0 Å². The minimum Gasteiger partial charge on any atom is -0.375 e. The number of methoxy groups -OCH3 is 1. The van der Waals surface area contributed by atoms with Crippen LogP contribution in [0, 0.1) is 13.8 Å². The summed E-state index contributed by atoms with van der Waals surface area (Å²) < 4.78 is 6.88. The lowest BCUT2D eigenvalue weighted by atomic mass is 10.1. The van der Waals surface area contributed by atoms with Gasteiger partial charge in [0.05, 0.1) is 28.6 Å². The molecule has 2 amide bonds. The zero-order valence-electron chi connectivity index (χ0n) is 19.5. The van der Waals surface area contributed by atoms with Crippen LogP contribution in [0.3, 0.4) is 0 Å². The normalized spacial score (nSPS) is 11.0. The molecule has 176 valence electrons. The fraction of sp³-hybridized carbons (Fsp3) is 0.280. The number of nitrogens with one attached hydrogen (secondary N) is 3. The summed E-state index contributed by atoms with van der Waals surface area (Å²) in [5, 5.41) is 12.9. The molecule has 0 fully saturated rings. The molecule has 0 atom stereocenters. The maximum Gasteiger partial charge on any atom is 0.253 e. The lowest BCUT2D eigenvalue weighted by molar-refractivity contribution is -0.119. The molecule has 9 nitrogen and oxygen atoms in total. The monoisotopic (exact) mass is 460 g/mol. The third kappa shape index (κ3) is 5.15. The SMILES string of the molecule is COCC(=O)Nc1cc(C(=O)NCc2c(C)n[nH]c2C)c2c(c1)ncn2CCc1ccccc1. The van der Waals surface area contributed by atoms with Crippen molar-refractivity contribution >= 4 is 28.5 Å². The van der Waals surface area contributed by atoms with Crippen LogP contribution in [-0.2, 0) is 29.0 Å². The Hall–Kier alpha value is -3.98. The first-order valence-corrected chi connectivity index (χ1v) is 11.1. The maximum absolute atomic E-state index is 13.3. The molecule has 0 bridgehead atoms. The van der Waals surface area contributed by atoms with Crippen molar-refractivity contribution in [2.75, 3.05) is 19.0 Å². The van der Waals surface area contributed by atoms with Gasteiger partial charge in [-0.2, -0.15) is 5.10 Å². The van der Waals surface area contributed by atoms with Gasteiger partial charge in [-0.3, -0.25) is 14.7 Å². The molecule has 34 heavy (non-hydrogen) atoms. The molecule has 2 aromatic carbocycles. The van der Waals surface area contributed by atoms with Crippen molar-refractivity contribution in [3.05, 3.63) is 76.9 Å². The van der Waals surface area contributed by atoms with Crippen LogP contribution < -0.4 is 10.6 Å². The van der Waals surface area contributed by atoms with Crippen molar-refractivity contribution < 1.29 is 14.3 Å². The molecule has 2 aromatic heterocycles. The third-order valence-corrected chi connectivity index (χ3v) is 5.71. The second kappa shape index (κ2) is 10.3. The number of benzene rings is 2. The van der Waals surface area contributed by atoms with E-state index in [4.69, 9.17) is 4.74 Å². The summed E-state index contributed by atoms with van der Waals surface area (Å²) in [4.78, 5) is 29.9. The fourth-order valence-corrected chi connectivity index (χ4v) is 3.94. The van der Waals surface area contributed by atoms with E-state index < -0.39 is 0 Å². The second-order valence-corrected chi connectivity index (χ2v) is 8.14. The van der Waals surface area contributed by atoms with Gasteiger partial charge in [0.1, 0.15) is 6.61 Å². The fourth-order valence-electron chi connectivity index (χ4n) is 3.94. The number of aromatic amines is 1. The van der Waals surface area contributed by atoms with Gasteiger partial charge in [0.2, 0.25) is 5.91 Å². The molecule has 0 aliphatic rings. The molecule has 9 heteroatoms. The van der Waals surface area contributed by atoms with Crippen LogP contribution in [0.15, 0.2) is 48.8 Å². The molecular weight excluding hydrogens is 432 g/mol. The second-order valence-electron chi connectivity index (χ2n) is 8.14.